The number of aromatic nitrogens is 2. The van der Waals surface area contributed by atoms with Gasteiger partial charge in [-0.05, 0) is 48.7 Å². The molecule has 1 unspecified atom stereocenters. The van der Waals surface area contributed by atoms with Crippen LogP contribution in [0.3, 0.4) is 0 Å². The second-order valence-corrected chi connectivity index (χ2v) is 7.20. The van der Waals surface area contributed by atoms with Crippen LogP contribution >= 0.6 is 11.8 Å². The molecule has 0 aliphatic carbocycles. The number of carbonyl (C=O) groups excluding carboxylic acids is 1. The lowest BCUT2D eigenvalue weighted by atomic mass is 10.1. The molecule has 0 saturated carbocycles. The third-order valence-electron chi connectivity index (χ3n) is 4.35. The Morgan fingerprint density at radius 2 is 1.85 bits per heavy atom. The molecule has 4 rings (SSSR count). The zero-order valence-electron chi connectivity index (χ0n) is 14.2. The fourth-order valence-electron chi connectivity index (χ4n) is 3.03. The second kappa shape index (κ2) is 7.78. The SMILES string of the molecule is O=C(C(Sc1nnc(-c2ccco2)o1)c1ccccc1)N1CCCCC1. The predicted molar refractivity (Wildman–Crippen MR) is 97.5 cm³/mol. The van der Waals surface area contributed by atoms with Crippen molar-refractivity contribution in [3.63, 3.8) is 0 Å². The molecule has 3 aromatic rings. The number of amides is 1. The van der Waals surface area contributed by atoms with Crippen LogP contribution in [0.2, 0.25) is 0 Å². The van der Waals surface area contributed by atoms with Gasteiger partial charge in [-0.15, -0.1) is 10.2 Å². The summed E-state index contributed by atoms with van der Waals surface area (Å²) in [5, 5.41) is 8.06. The molecule has 1 aliphatic heterocycles. The quantitative estimate of drug-likeness (QED) is 0.628. The molecule has 134 valence electrons. The van der Waals surface area contributed by atoms with Crippen LogP contribution < -0.4 is 0 Å². The Kier molecular flexibility index (Phi) is 5.06. The zero-order chi connectivity index (χ0) is 17.8. The lowest BCUT2D eigenvalue weighted by molar-refractivity contribution is -0.131. The minimum absolute atomic E-state index is 0.0960. The highest BCUT2D eigenvalue weighted by atomic mass is 32.2. The van der Waals surface area contributed by atoms with Crippen molar-refractivity contribution in [2.45, 2.75) is 29.7 Å². The van der Waals surface area contributed by atoms with Gasteiger partial charge in [-0.3, -0.25) is 4.79 Å². The van der Waals surface area contributed by atoms with Gasteiger partial charge in [-0.25, -0.2) is 0 Å². The Bertz CT molecular complexity index is 842. The molecular formula is C19H19N3O3S. The maximum absolute atomic E-state index is 13.1. The molecule has 1 amide bonds. The third kappa shape index (κ3) is 3.67. The summed E-state index contributed by atoms with van der Waals surface area (Å²) in [4.78, 5) is 15.1. The Balaban J connectivity index is 1.58. The first-order valence-electron chi connectivity index (χ1n) is 8.69. The van der Waals surface area contributed by atoms with Gasteiger partial charge in [0.05, 0.1) is 6.26 Å². The standard InChI is InChI=1S/C19H19N3O3S/c23-18(22-11-5-2-6-12-22)16(14-8-3-1-4-9-14)26-19-21-20-17(25-19)15-10-7-13-24-15/h1,3-4,7-10,13,16H,2,5-6,11-12H2. The van der Waals surface area contributed by atoms with Gasteiger partial charge in [0.2, 0.25) is 5.91 Å². The lowest BCUT2D eigenvalue weighted by Gasteiger charge is -2.29. The fraction of sp³-hybridized carbons (Fsp3) is 0.316. The molecule has 0 bridgehead atoms. The van der Waals surface area contributed by atoms with Crippen LogP contribution in [-0.2, 0) is 4.79 Å². The van der Waals surface area contributed by atoms with Crippen molar-refractivity contribution in [1.29, 1.82) is 0 Å². The first kappa shape index (κ1) is 16.9. The first-order chi connectivity index (χ1) is 12.8. The molecule has 2 aromatic heterocycles. The molecule has 0 radical (unpaired) electrons. The summed E-state index contributed by atoms with van der Waals surface area (Å²) in [7, 11) is 0. The van der Waals surface area contributed by atoms with Gasteiger partial charge in [0.1, 0.15) is 5.25 Å². The summed E-state index contributed by atoms with van der Waals surface area (Å²) in [5.74, 6) is 0.927. The third-order valence-corrected chi connectivity index (χ3v) is 5.43. The number of thioether (sulfide) groups is 1. The van der Waals surface area contributed by atoms with Crippen molar-refractivity contribution in [2.24, 2.45) is 0 Å². The molecular weight excluding hydrogens is 350 g/mol. The van der Waals surface area contributed by atoms with E-state index in [0.717, 1.165) is 31.5 Å². The Labute approximate surface area is 155 Å². The van der Waals surface area contributed by atoms with Gasteiger partial charge in [-0.1, -0.05) is 30.3 Å². The topological polar surface area (TPSA) is 72.4 Å². The zero-order valence-corrected chi connectivity index (χ0v) is 15.0. The van der Waals surface area contributed by atoms with Crippen LogP contribution in [0.15, 0.2) is 62.8 Å². The van der Waals surface area contributed by atoms with Crippen molar-refractivity contribution in [1.82, 2.24) is 15.1 Å². The Morgan fingerprint density at radius 3 is 2.58 bits per heavy atom. The van der Waals surface area contributed by atoms with Crippen LogP contribution in [0, 0.1) is 0 Å². The van der Waals surface area contributed by atoms with Gasteiger partial charge < -0.3 is 13.7 Å². The van der Waals surface area contributed by atoms with Gasteiger partial charge in [0, 0.05) is 13.1 Å². The molecule has 26 heavy (non-hydrogen) atoms. The number of furan rings is 1. The van der Waals surface area contributed by atoms with Crippen LogP contribution in [-0.4, -0.2) is 34.1 Å². The predicted octanol–water partition coefficient (Wildman–Crippen LogP) is 4.18. The molecule has 1 fully saturated rings. The number of carbonyl (C=O) groups is 1. The number of hydrogen-bond acceptors (Lipinski definition) is 6. The average molecular weight is 369 g/mol. The molecule has 1 atom stereocenters. The molecule has 0 N–H and O–H groups in total. The minimum atomic E-state index is -0.404. The fourth-order valence-corrected chi connectivity index (χ4v) is 3.99. The van der Waals surface area contributed by atoms with Crippen LogP contribution in [0.25, 0.3) is 11.7 Å². The molecule has 1 aromatic carbocycles. The highest BCUT2D eigenvalue weighted by molar-refractivity contribution is 8.00. The molecule has 1 saturated heterocycles. The number of hydrogen-bond donors (Lipinski definition) is 0. The van der Waals surface area contributed by atoms with Crippen LogP contribution in [0.5, 0.6) is 0 Å². The Hall–Kier alpha value is -2.54. The number of rotatable bonds is 5. The molecule has 0 spiro atoms. The van der Waals surface area contributed by atoms with E-state index >= 15 is 0 Å². The van der Waals surface area contributed by atoms with Crippen molar-refractivity contribution < 1.29 is 13.6 Å². The average Bonchev–Trinajstić information content (AvgIpc) is 3.39. The highest BCUT2D eigenvalue weighted by Crippen LogP contribution is 2.37. The lowest BCUT2D eigenvalue weighted by Crippen LogP contribution is -2.38. The number of piperidine rings is 1. The molecule has 1 aliphatic rings. The van der Waals surface area contributed by atoms with Crippen molar-refractivity contribution in [3.8, 4) is 11.7 Å². The normalized spacial score (nSPS) is 15.8. The first-order valence-corrected chi connectivity index (χ1v) is 9.57. The van der Waals surface area contributed by atoms with Gasteiger partial charge in [0.25, 0.3) is 11.1 Å². The number of benzene rings is 1. The highest BCUT2D eigenvalue weighted by Gasteiger charge is 2.30. The van der Waals surface area contributed by atoms with E-state index in [4.69, 9.17) is 8.83 Å². The van der Waals surface area contributed by atoms with Crippen LogP contribution in [0.1, 0.15) is 30.1 Å². The monoisotopic (exact) mass is 369 g/mol. The van der Waals surface area contributed by atoms with Crippen LogP contribution in [0.4, 0.5) is 0 Å². The molecule has 7 heteroatoms. The van der Waals surface area contributed by atoms with E-state index in [1.807, 2.05) is 35.2 Å². The summed E-state index contributed by atoms with van der Waals surface area (Å²) in [6.45, 7) is 1.62. The summed E-state index contributed by atoms with van der Waals surface area (Å²) in [5.41, 5.74) is 0.936. The van der Waals surface area contributed by atoms with E-state index in [-0.39, 0.29) is 5.91 Å². The number of nitrogens with zero attached hydrogens (tertiary/aromatic N) is 3. The smallest absolute Gasteiger partial charge is 0.284 e. The summed E-state index contributed by atoms with van der Waals surface area (Å²) in [6, 6.07) is 13.3. The summed E-state index contributed by atoms with van der Waals surface area (Å²) >= 11 is 1.29. The van der Waals surface area contributed by atoms with E-state index in [0.29, 0.717) is 16.9 Å². The van der Waals surface area contributed by atoms with E-state index in [1.54, 1.807) is 18.4 Å². The van der Waals surface area contributed by atoms with E-state index in [9.17, 15) is 4.79 Å². The maximum Gasteiger partial charge on any atom is 0.284 e. The van der Waals surface area contributed by atoms with E-state index < -0.39 is 5.25 Å². The summed E-state index contributed by atoms with van der Waals surface area (Å²) in [6.07, 6.45) is 4.85. The Morgan fingerprint density at radius 1 is 1.04 bits per heavy atom. The van der Waals surface area contributed by atoms with E-state index in [1.165, 1.54) is 18.2 Å². The van der Waals surface area contributed by atoms with Gasteiger partial charge in [0.15, 0.2) is 5.76 Å². The van der Waals surface area contributed by atoms with Crippen molar-refractivity contribution >= 4 is 17.7 Å². The van der Waals surface area contributed by atoms with E-state index in [2.05, 4.69) is 10.2 Å². The van der Waals surface area contributed by atoms with Crippen molar-refractivity contribution in [3.05, 3.63) is 54.3 Å². The maximum atomic E-state index is 13.1. The largest absolute Gasteiger partial charge is 0.459 e. The summed E-state index contributed by atoms with van der Waals surface area (Å²) < 4.78 is 11.0. The molecule has 6 nitrogen and oxygen atoms in total. The van der Waals surface area contributed by atoms with Crippen molar-refractivity contribution in [2.75, 3.05) is 13.1 Å². The second-order valence-electron chi connectivity index (χ2n) is 6.14. The minimum Gasteiger partial charge on any atom is -0.459 e. The molecule has 3 heterocycles. The van der Waals surface area contributed by atoms with Gasteiger partial charge in [-0.2, -0.15) is 0 Å². The number of likely N-dealkylation sites (tertiary alicyclic amines) is 1. The van der Waals surface area contributed by atoms with Gasteiger partial charge >= 0.3 is 0 Å².